The number of unbranched alkanes of at least 4 members (excludes halogenated alkanes) is 13. The van der Waals surface area contributed by atoms with Crippen LogP contribution in [0.1, 0.15) is 103 Å². The van der Waals surface area contributed by atoms with E-state index >= 15 is 0 Å². The van der Waals surface area contributed by atoms with Crippen LogP contribution in [0.15, 0.2) is 0 Å². The molecule has 1 unspecified atom stereocenters. The van der Waals surface area contributed by atoms with Gasteiger partial charge in [0.1, 0.15) is 0 Å². The Morgan fingerprint density at radius 1 is 0.769 bits per heavy atom. The van der Waals surface area contributed by atoms with Gasteiger partial charge < -0.3 is 24.9 Å². The predicted molar refractivity (Wildman–Crippen MR) is 108 cm³/mol. The second kappa shape index (κ2) is 22.3. The summed E-state index contributed by atoms with van der Waals surface area (Å²) < 4.78 is 14.1. The molecule has 1 aliphatic rings. The Morgan fingerprint density at radius 3 is 1.31 bits per heavy atom. The van der Waals surface area contributed by atoms with Crippen LogP contribution in [0.4, 0.5) is 0 Å². The molecule has 1 atom stereocenters. The molecule has 26 heavy (non-hydrogen) atoms. The normalized spacial score (nSPS) is 15.3. The Balaban J connectivity index is -0.000000668. The van der Waals surface area contributed by atoms with Crippen molar-refractivity contribution < 1.29 is 29.5 Å². The number of hydrogen-bond donors (Lipinski definition) is 3. The molecule has 0 spiro atoms. The minimum absolute atomic E-state index is 0. The van der Waals surface area contributed by atoms with Gasteiger partial charge in [0.25, 0.3) is 0 Å². The number of rotatable bonds is 15. The maximum Gasteiger partial charge on any atom is 0.466 e. The van der Waals surface area contributed by atoms with E-state index in [9.17, 15) is 0 Å². The van der Waals surface area contributed by atoms with Crippen LogP contribution in [0.5, 0.6) is 0 Å². The van der Waals surface area contributed by atoms with Gasteiger partial charge in [0.15, 0.2) is 0 Å². The van der Waals surface area contributed by atoms with Crippen molar-refractivity contribution in [3.05, 3.63) is 0 Å². The molecule has 155 valence electrons. The molecular weight excluding hydrogens is 366 g/mol. The Hall–Kier alpha value is 1.03. The number of epoxide rings is 1. The van der Waals surface area contributed by atoms with E-state index in [2.05, 4.69) is 6.92 Å². The Kier molecular flexibility index (Phi) is 27.2. The average molecular weight is 407 g/mol. The Bertz CT molecular complexity index is 302. The van der Waals surface area contributed by atoms with E-state index in [4.69, 9.17) is 24.0 Å². The molecule has 0 bridgehead atoms. The van der Waals surface area contributed by atoms with Crippen molar-refractivity contribution in [2.45, 2.75) is 109 Å². The summed E-state index contributed by atoms with van der Waals surface area (Å²) in [6.45, 7) is 3.33. The van der Waals surface area contributed by atoms with Crippen molar-refractivity contribution in [2.24, 2.45) is 0 Å². The van der Waals surface area contributed by atoms with E-state index in [-0.39, 0.29) is 35.0 Å². The van der Waals surface area contributed by atoms with Crippen molar-refractivity contribution in [3.8, 4) is 0 Å². The fraction of sp³-hybridized carbons (Fsp3) is 1.00. The fourth-order valence-corrected chi connectivity index (χ4v) is 2.80. The van der Waals surface area contributed by atoms with Crippen molar-refractivity contribution in [1.82, 2.24) is 0 Å². The Morgan fingerprint density at radius 2 is 1.04 bits per heavy atom. The first-order valence-corrected chi connectivity index (χ1v) is 11.4. The topological polar surface area (TPSA) is 122 Å². The van der Waals surface area contributed by atoms with Gasteiger partial charge in [-0.1, -0.05) is 96.8 Å². The summed E-state index contributed by atoms with van der Waals surface area (Å²) in [6.07, 6.45) is 22.3. The van der Waals surface area contributed by atoms with E-state index in [0.717, 1.165) is 6.61 Å². The minimum Gasteiger partial charge on any atom is -0.412 e. The van der Waals surface area contributed by atoms with E-state index in [1.54, 1.807) is 0 Å². The molecule has 1 radical (unpaired) electrons. The summed E-state index contributed by atoms with van der Waals surface area (Å²) >= 11 is 0. The van der Waals surface area contributed by atoms with Crippen LogP contribution >= 0.6 is 7.82 Å². The van der Waals surface area contributed by atoms with Gasteiger partial charge in [0, 0.05) is 29.6 Å². The molecule has 1 heterocycles. The SMILES string of the molecule is CCCCCCCCCCCCCCCCC1CO1.O.O=P(O)(O)O.[Na]. The van der Waals surface area contributed by atoms with Crippen molar-refractivity contribution in [3.63, 3.8) is 0 Å². The smallest absolute Gasteiger partial charge is 0.412 e. The maximum absolute atomic E-state index is 8.88. The van der Waals surface area contributed by atoms with E-state index in [1.165, 1.54) is 96.3 Å². The molecule has 1 saturated heterocycles. The molecule has 0 saturated carbocycles. The second-order valence-electron chi connectivity index (χ2n) is 6.85. The molecule has 1 rings (SSSR count). The molecule has 8 heteroatoms. The number of hydrogen-bond acceptors (Lipinski definition) is 2. The third-order valence-electron chi connectivity index (χ3n) is 4.28. The first-order valence-electron chi connectivity index (χ1n) is 9.83. The summed E-state index contributed by atoms with van der Waals surface area (Å²) in [7, 11) is -4.64. The van der Waals surface area contributed by atoms with Crippen LogP contribution in [-0.4, -0.2) is 62.4 Å². The molecule has 0 aliphatic carbocycles. The van der Waals surface area contributed by atoms with Gasteiger partial charge in [-0.2, -0.15) is 0 Å². The van der Waals surface area contributed by atoms with Crippen LogP contribution in [0.3, 0.4) is 0 Å². The van der Waals surface area contributed by atoms with Crippen LogP contribution in [0, 0.1) is 0 Å². The molecule has 0 aromatic carbocycles. The monoisotopic (exact) mass is 407 g/mol. The van der Waals surface area contributed by atoms with Crippen molar-refractivity contribution >= 4 is 37.4 Å². The summed E-state index contributed by atoms with van der Waals surface area (Å²) in [6, 6.07) is 0. The van der Waals surface area contributed by atoms with E-state index < -0.39 is 7.82 Å². The molecule has 5 N–H and O–H groups in total. The van der Waals surface area contributed by atoms with Crippen LogP contribution < -0.4 is 0 Å². The first kappa shape index (κ1) is 31.7. The van der Waals surface area contributed by atoms with Gasteiger partial charge in [0.2, 0.25) is 0 Å². The van der Waals surface area contributed by atoms with Gasteiger partial charge >= 0.3 is 7.82 Å². The second-order valence-corrected chi connectivity index (χ2v) is 7.88. The van der Waals surface area contributed by atoms with Crippen molar-refractivity contribution in [1.29, 1.82) is 0 Å². The first-order chi connectivity index (χ1) is 11.4. The van der Waals surface area contributed by atoms with Gasteiger partial charge in [0.05, 0.1) is 12.7 Å². The average Bonchev–Trinajstić information content (AvgIpc) is 3.30. The van der Waals surface area contributed by atoms with Gasteiger partial charge in [-0.25, -0.2) is 4.57 Å². The summed E-state index contributed by atoms with van der Waals surface area (Å²) in [5.74, 6) is 0. The number of ether oxygens (including phenoxy) is 1. The zero-order chi connectivity index (χ0) is 18.1. The standard InChI is InChI=1S/C18H36O.Na.H3O4P.H2O/c1-2-3-4-5-6-7-8-9-10-11-12-13-14-15-16-18-17-19-18;;1-5(2,3)4;/h18H,2-17H2,1H3;;(H3,1,2,3,4);1H2. The van der Waals surface area contributed by atoms with Gasteiger partial charge in [-0.05, 0) is 6.42 Å². The summed E-state index contributed by atoms with van der Waals surface area (Å²) in [5.41, 5.74) is 0. The zero-order valence-corrected chi connectivity index (χ0v) is 19.9. The third kappa shape index (κ3) is 36.0. The molecule has 6 nitrogen and oxygen atoms in total. The molecule has 1 aliphatic heterocycles. The fourth-order valence-electron chi connectivity index (χ4n) is 2.80. The molecular formula is C18H41NaO6P. The van der Waals surface area contributed by atoms with Crippen LogP contribution in [0.2, 0.25) is 0 Å². The molecule has 0 amide bonds. The molecule has 1 fully saturated rings. The van der Waals surface area contributed by atoms with E-state index in [1.807, 2.05) is 0 Å². The Labute approximate surface area is 182 Å². The van der Waals surface area contributed by atoms with Crippen LogP contribution in [0.25, 0.3) is 0 Å². The zero-order valence-electron chi connectivity index (χ0n) is 17.0. The van der Waals surface area contributed by atoms with Gasteiger partial charge in [-0.3, -0.25) is 0 Å². The molecule has 0 aromatic rings. The number of phosphoric acid groups is 1. The molecule has 0 aromatic heterocycles. The van der Waals surface area contributed by atoms with Gasteiger partial charge in [-0.15, -0.1) is 0 Å². The van der Waals surface area contributed by atoms with E-state index in [0.29, 0.717) is 6.10 Å². The largest absolute Gasteiger partial charge is 0.466 e. The summed E-state index contributed by atoms with van der Waals surface area (Å²) in [4.78, 5) is 21.6. The predicted octanol–water partition coefficient (Wildman–Crippen LogP) is 4.12. The summed E-state index contributed by atoms with van der Waals surface area (Å²) in [5, 5.41) is 0. The third-order valence-corrected chi connectivity index (χ3v) is 4.28. The van der Waals surface area contributed by atoms with Crippen LogP contribution in [-0.2, 0) is 9.30 Å². The van der Waals surface area contributed by atoms with Crippen molar-refractivity contribution in [2.75, 3.05) is 6.61 Å². The maximum atomic E-state index is 8.88. The quantitative estimate of drug-likeness (QED) is 0.163. The minimum atomic E-state index is -4.64.